The molecule has 4 N–H and O–H groups in total. The summed E-state index contributed by atoms with van der Waals surface area (Å²) in [7, 11) is 0. The highest BCUT2D eigenvalue weighted by molar-refractivity contribution is 8.31. The van der Waals surface area contributed by atoms with Gasteiger partial charge in [-0.1, -0.05) is 0 Å². The van der Waals surface area contributed by atoms with Gasteiger partial charge in [0.15, 0.2) is 0 Å². The zero-order chi connectivity index (χ0) is 6.73. The predicted molar refractivity (Wildman–Crippen MR) is 47.7 cm³/mol. The van der Waals surface area contributed by atoms with Crippen LogP contribution in [0.1, 0.15) is 6.92 Å². The van der Waals surface area contributed by atoms with E-state index < -0.39 is 0 Å². The molecule has 2 unspecified atom stereocenters. The molecule has 0 aliphatic heterocycles. The lowest BCUT2D eigenvalue weighted by Gasteiger charge is -2.25. The van der Waals surface area contributed by atoms with Crippen LogP contribution in [0.2, 0.25) is 0 Å². The van der Waals surface area contributed by atoms with E-state index in [0.29, 0.717) is 4.58 Å². The summed E-state index contributed by atoms with van der Waals surface area (Å²) in [4.78, 5) is 0. The number of hydrogen-bond acceptors (Lipinski definition) is 2. The zero-order valence-electron chi connectivity index (χ0n) is 5.63. The number of nitrogens with two attached hydrogens (primary N) is 2. The first-order valence-electron chi connectivity index (χ1n) is 2.50. The second-order valence-electron chi connectivity index (χ2n) is 1.96. The Morgan fingerprint density at radius 3 is 1.38 bits per heavy atom. The number of thiol groups is 2. The summed E-state index contributed by atoms with van der Waals surface area (Å²) in [6.45, 7) is 2.12. The van der Waals surface area contributed by atoms with E-state index in [-0.39, 0.29) is 22.2 Å². The monoisotopic (exact) mass is 156 g/mol. The molecule has 0 aliphatic carbocycles. The van der Waals surface area contributed by atoms with Crippen molar-refractivity contribution in [2.75, 3.05) is 12.5 Å². The minimum absolute atomic E-state index is 0.297. The van der Waals surface area contributed by atoms with Crippen LogP contribution in [-0.4, -0.2) is 17.1 Å². The quantitative estimate of drug-likeness (QED) is 0.436. The lowest BCUT2D eigenvalue weighted by atomic mass is 11.0. The summed E-state index contributed by atoms with van der Waals surface area (Å²) < 4.78 is 0.556. The second kappa shape index (κ2) is 3.61. The molecule has 4 heteroatoms. The summed E-state index contributed by atoms with van der Waals surface area (Å²) in [5, 5.41) is 11.3. The summed E-state index contributed by atoms with van der Waals surface area (Å²) >= 11 is -0.595. The molecule has 2 nitrogen and oxygen atoms in total. The predicted octanol–water partition coefficient (Wildman–Crippen LogP) is 0.342. The van der Waals surface area contributed by atoms with Gasteiger partial charge >= 0.3 is 0 Å². The third kappa shape index (κ3) is 2.81. The Morgan fingerprint density at radius 2 is 1.38 bits per heavy atom. The van der Waals surface area contributed by atoms with E-state index in [4.69, 9.17) is 10.3 Å². The molecule has 0 aliphatic rings. The molecule has 0 rings (SSSR count). The zero-order valence-corrected chi connectivity index (χ0v) is 7.42. The van der Waals surface area contributed by atoms with Crippen LogP contribution in [0.15, 0.2) is 0 Å². The second-order valence-corrected chi connectivity index (χ2v) is 6.58. The molecule has 0 aromatic carbocycles. The van der Waals surface area contributed by atoms with Crippen LogP contribution in [0, 0.1) is 0 Å². The molecule has 0 fully saturated rings. The van der Waals surface area contributed by atoms with E-state index in [0.717, 1.165) is 0 Å². The fourth-order valence-corrected chi connectivity index (χ4v) is 2.59. The van der Waals surface area contributed by atoms with Crippen molar-refractivity contribution in [3.05, 3.63) is 0 Å². The molecular weight excluding hydrogens is 140 g/mol. The highest BCUT2D eigenvalue weighted by atomic mass is 32.3. The van der Waals surface area contributed by atoms with Crippen LogP contribution in [-0.2, 0) is 0 Å². The van der Waals surface area contributed by atoms with Gasteiger partial charge in [0.2, 0.25) is 0 Å². The molecule has 0 spiro atoms. The van der Waals surface area contributed by atoms with E-state index in [1.165, 1.54) is 0 Å². The first-order valence-corrected chi connectivity index (χ1v) is 6.36. The maximum atomic E-state index is 5.64. The highest BCUT2D eigenvalue weighted by Crippen LogP contribution is 2.32. The fraction of sp³-hybridized carbons (Fsp3) is 1.00. The fourth-order valence-electron chi connectivity index (χ4n) is 0.287. The van der Waals surface area contributed by atoms with E-state index in [1.54, 1.807) is 0 Å². The van der Waals surface area contributed by atoms with Gasteiger partial charge in [0.25, 0.3) is 0 Å². The Morgan fingerprint density at radius 1 is 1.12 bits per heavy atom. The minimum Gasteiger partial charge on any atom is -0.296 e. The van der Waals surface area contributed by atoms with Crippen molar-refractivity contribution in [2.24, 2.45) is 10.3 Å². The summed E-state index contributed by atoms with van der Waals surface area (Å²) in [6, 6.07) is 0. The van der Waals surface area contributed by atoms with Crippen molar-refractivity contribution in [3.8, 4) is 0 Å². The minimum atomic E-state index is -0.297. The van der Waals surface area contributed by atoms with Crippen LogP contribution >= 0.6 is 22.2 Å². The van der Waals surface area contributed by atoms with Crippen LogP contribution < -0.4 is 10.3 Å². The van der Waals surface area contributed by atoms with Crippen molar-refractivity contribution in [1.29, 1.82) is 0 Å². The molecule has 0 heterocycles. The van der Waals surface area contributed by atoms with Gasteiger partial charge in [-0.05, 0) is 19.4 Å². The summed E-state index contributed by atoms with van der Waals surface area (Å²) in [6.07, 6.45) is 4.12. The van der Waals surface area contributed by atoms with Gasteiger partial charge in [0.05, 0.1) is 0 Å². The molecule has 0 aromatic heterocycles. The van der Waals surface area contributed by atoms with Crippen molar-refractivity contribution in [3.63, 3.8) is 0 Å². The molecular formula is C4H16N2S2. The van der Waals surface area contributed by atoms with Gasteiger partial charge in [0.1, 0.15) is 0 Å². The summed E-state index contributed by atoms with van der Waals surface area (Å²) in [5.41, 5.74) is 0. The first-order chi connectivity index (χ1) is 3.55. The molecule has 0 aromatic rings. The van der Waals surface area contributed by atoms with Crippen molar-refractivity contribution >= 4 is 22.2 Å². The van der Waals surface area contributed by atoms with E-state index in [2.05, 4.69) is 19.4 Å². The van der Waals surface area contributed by atoms with Crippen molar-refractivity contribution in [2.45, 2.75) is 11.5 Å². The molecule has 54 valence electrons. The third-order valence-corrected chi connectivity index (χ3v) is 5.72. The molecule has 0 amide bonds. The highest BCUT2D eigenvalue weighted by Gasteiger charge is 2.04. The Hall–Kier alpha value is 0.620. The third-order valence-electron chi connectivity index (χ3n) is 1.18. The molecule has 8 heavy (non-hydrogen) atoms. The topological polar surface area (TPSA) is 52.0 Å². The Kier molecular flexibility index (Phi) is 3.89. The van der Waals surface area contributed by atoms with Gasteiger partial charge in [-0.25, -0.2) is 0 Å². The Labute approximate surface area is 57.0 Å². The van der Waals surface area contributed by atoms with Gasteiger partial charge in [-0.2, -0.15) is 22.2 Å². The number of rotatable bonds is 2. The number of hydrogen-bond donors (Lipinski definition) is 4. The molecule has 0 saturated carbocycles. The maximum Gasteiger partial charge on any atom is 0.0328 e. The maximum absolute atomic E-state index is 5.64. The van der Waals surface area contributed by atoms with Crippen molar-refractivity contribution in [1.82, 2.24) is 0 Å². The Bertz CT molecular complexity index is 57.1. The van der Waals surface area contributed by atoms with E-state index in [9.17, 15) is 0 Å². The molecule has 0 bridgehead atoms. The van der Waals surface area contributed by atoms with Crippen LogP contribution in [0.4, 0.5) is 0 Å². The van der Waals surface area contributed by atoms with E-state index >= 15 is 0 Å². The van der Waals surface area contributed by atoms with Gasteiger partial charge in [-0.3, -0.25) is 10.3 Å². The lowest BCUT2D eigenvalue weighted by molar-refractivity contribution is 1.38. The largest absolute Gasteiger partial charge is 0.296 e. The standard InChI is InChI=1S/C4H16N2S2/c1-4(7(2)5)8(3)6/h4,7-8H,5-6H2,1-3H3. The van der Waals surface area contributed by atoms with Crippen LogP contribution in [0.3, 0.4) is 0 Å². The average Bonchev–Trinajstić information content (AvgIpc) is 1.64. The Balaban J connectivity index is 3.46. The first kappa shape index (κ1) is 8.62. The summed E-state index contributed by atoms with van der Waals surface area (Å²) in [5.74, 6) is 0. The van der Waals surface area contributed by atoms with Gasteiger partial charge in [0, 0.05) is 4.58 Å². The van der Waals surface area contributed by atoms with Crippen LogP contribution in [0.25, 0.3) is 0 Å². The SMILES string of the molecule is CC([SH](C)N)[SH](C)N. The average molecular weight is 156 g/mol. The van der Waals surface area contributed by atoms with E-state index in [1.807, 2.05) is 0 Å². The molecule has 0 saturated heterocycles. The van der Waals surface area contributed by atoms with Crippen molar-refractivity contribution < 1.29 is 0 Å². The van der Waals surface area contributed by atoms with Crippen LogP contribution in [0.5, 0.6) is 0 Å². The smallest absolute Gasteiger partial charge is 0.0328 e. The lowest BCUT2D eigenvalue weighted by Crippen LogP contribution is -2.12. The normalized spacial score (nSPS) is 26.6. The molecule has 0 radical (unpaired) electrons. The van der Waals surface area contributed by atoms with Gasteiger partial charge < -0.3 is 0 Å². The van der Waals surface area contributed by atoms with Gasteiger partial charge in [-0.15, -0.1) is 0 Å². The molecule has 2 atom stereocenters.